The Labute approximate surface area is 208 Å². The zero-order chi connectivity index (χ0) is 26.4. The zero-order valence-corrected chi connectivity index (χ0v) is 22.2. The molecule has 0 aliphatic heterocycles. The van der Waals surface area contributed by atoms with Crippen molar-refractivity contribution >= 4 is 27.5 Å². The van der Waals surface area contributed by atoms with Gasteiger partial charge in [0.1, 0.15) is 11.9 Å². The highest BCUT2D eigenvalue weighted by atomic mass is 32.2. The molecule has 0 saturated carbocycles. The average molecular weight is 506 g/mol. The lowest BCUT2D eigenvalue weighted by Gasteiger charge is -2.32. The first kappa shape index (κ1) is 28.3. The number of hydrogen-bond donors (Lipinski definition) is 1. The second-order valence-electron chi connectivity index (χ2n) is 9.81. The Morgan fingerprint density at radius 1 is 1.06 bits per heavy atom. The van der Waals surface area contributed by atoms with Crippen molar-refractivity contribution in [3.8, 4) is 0 Å². The molecule has 192 valence electrons. The van der Waals surface area contributed by atoms with E-state index in [2.05, 4.69) is 5.32 Å². The lowest BCUT2D eigenvalue weighted by atomic mass is 10.1. The van der Waals surface area contributed by atoms with Gasteiger partial charge in [0.05, 0.1) is 11.9 Å². The molecule has 0 heterocycles. The Bertz CT molecular complexity index is 1130. The SMILES string of the molecule is Cc1ccc(CN(C(=O)CCCN(c2ccccc2F)S(C)(=O)=O)[C@H](C)C(=O)NC(C)(C)C)cc1. The molecule has 1 N–H and O–H groups in total. The molecule has 9 heteroatoms. The number of anilines is 1. The van der Waals surface area contributed by atoms with Gasteiger partial charge in [0.25, 0.3) is 0 Å². The fraction of sp³-hybridized carbons (Fsp3) is 0.462. The molecule has 7 nitrogen and oxygen atoms in total. The number of nitrogens with zero attached hydrogens (tertiary/aromatic N) is 2. The van der Waals surface area contributed by atoms with E-state index >= 15 is 0 Å². The van der Waals surface area contributed by atoms with Crippen molar-refractivity contribution in [3.63, 3.8) is 0 Å². The van der Waals surface area contributed by atoms with Crippen molar-refractivity contribution in [3.05, 3.63) is 65.5 Å². The molecule has 0 unspecified atom stereocenters. The first-order valence-electron chi connectivity index (χ1n) is 11.6. The second-order valence-corrected chi connectivity index (χ2v) is 11.7. The summed E-state index contributed by atoms with van der Waals surface area (Å²) in [6.07, 6.45) is 1.17. The molecule has 0 saturated heterocycles. The van der Waals surface area contributed by atoms with Gasteiger partial charge in [-0.3, -0.25) is 13.9 Å². The van der Waals surface area contributed by atoms with Gasteiger partial charge in [-0.2, -0.15) is 0 Å². The lowest BCUT2D eigenvalue weighted by molar-refractivity contribution is -0.141. The molecular formula is C26H36FN3O4S. The van der Waals surface area contributed by atoms with Gasteiger partial charge in [-0.05, 0) is 58.7 Å². The Hall–Kier alpha value is -2.94. The summed E-state index contributed by atoms with van der Waals surface area (Å²) in [7, 11) is -3.76. The summed E-state index contributed by atoms with van der Waals surface area (Å²) < 4.78 is 39.8. The van der Waals surface area contributed by atoms with E-state index in [9.17, 15) is 22.4 Å². The van der Waals surface area contributed by atoms with Crippen LogP contribution in [0.25, 0.3) is 0 Å². The third-order valence-electron chi connectivity index (χ3n) is 5.41. The molecule has 0 spiro atoms. The first-order valence-corrected chi connectivity index (χ1v) is 13.4. The molecule has 1 atom stereocenters. The molecule has 2 rings (SSSR count). The van der Waals surface area contributed by atoms with Gasteiger partial charge in [-0.15, -0.1) is 0 Å². The van der Waals surface area contributed by atoms with Gasteiger partial charge >= 0.3 is 0 Å². The summed E-state index contributed by atoms with van der Waals surface area (Å²) in [5.74, 6) is -1.22. The zero-order valence-electron chi connectivity index (χ0n) is 21.3. The van der Waals surface area contributed by atoms with E-state index in [1.54, 1.807) is 13.0 Å². The number of nitrogens with one attached hydrogen (secondary N) is 1. The van der Waals surface area contributed by atoms with Gasteiger partial charge in [0, 0.05) is 25.0 Å². The molecule has 2 aromatic carbocycles. The van der Waals surface area contributed by atoms with E-state index in [4.69, 9.17) is 0 Å². The molecule has 0 aliphatic rings. The molecule has 2 amide bonds. The number of amides is 2. The van der Waals surface area contributed by atoms with Gasteiger partial charge in [0.15, 0.2) is 0 Å². The maximum atomic E-state index is 14.3. The summed E-state index contributed by atoms with van der Waals surface area (Å²) in [6, 6.07) is 12.6. The van der Waals surface area contributed by atoms with Crippen LogP contribution in [0.5, 0.6) is 0 Å². The number of carbonyl (C=O) groups is 2. The van der Waals surface area contributed by atoms with Crippen LogP contribution in [0, 0.1) is 12.7 Å². The number of sulfonamides is 1. The van der Waals surface area contributed by atoms with E-state index in [0.29, 0.717) is 0 Å². The van der Waals surface area contributed by atoms with Crippen LogP contribution in [-0.2, 0) is 26.2 Å². The van der Waals surface area contributed by atoms with Crippen molar-refractivity contribution in [2.75, 3.05) is 17.1 Å². The Balaban J connectivity index is 2.19. The topological polar surface area (TPSA) is 86.8 Å². The van der Waals surface area contributed by atoms with E-state index in [1.807, 2.05) is 52.0 Å². The van der Waals surface area contributed by atoms with Crippen molar-refractivity contribution in [2.24, 2.45) is 0 Å². The monoisotopic (exact) mass is 505 g/mol. The largest absolute Gasteiger partial charge is 0.350 e. The molecule has 0 radical (unpaired) electrons. The highest BCUT2D eigenvalue weighted by Gasteiger charge is 2.29. The predicted molar refractivity (Wildman–Crippen MR) is 137 cm³/mol. The minimum atomic E-state index is -3.76. The van der Waals surface area contributed by atoms with E-state index in [0.717, 1.165) is 21.7 Å². The molecule has 35 heavy (non-hydrogen) atoms. The summed E-state index contributed by atoms with van der Waals surface area (Å²) in [5.41, 5.74) is 1.44. The van der Waals surface area contributed by atoms with Crippen LogP contribution in [0.15, 0.2) is 48.5 Å². The normalized spacial score (nSPS) is 12.7. The Morgan fingerprint density at radius 3 is 2.20 bits per heavy atom. The highest BCUT2D eigenvalue weighted by Crippen LogP contribution is 2.22. The highest BCUT2D eigenvalue weighted by molar-refractivity contribution is 7.92. The Morgan fingerprint density at radius 2 is 1.66 bits per heavy atom. The van der Waals surface area contributed by atoms with Crippen LogP contribution >= 0.6 is 0 Å². The summed E-state index contributed by atoms with van der Waals surface area (Å²) >= 11 is 0. The second kappa shape index (κ2) is 11.7. The third-order valence-corrected chi connectivity index (χ3v) is 6.59. The van der Waals surface area contributed by atoms with Crippen LogP contribution in [0.4, 0.5) is 10.1 Å². The van der Waals surface area contributed by atoms with Gasteiger partial charge in [-0.25, -0.2) is 12.8 Å². The number of para-hydroxylation sites is 1. The number of halogens is 1. The molecule has 2 aromatic rings. The fourth-order valence-electron chi connectivity index (χ4n) is 3.58. The maximum absolute atomic E-state index is 14.3. The summed E-state index contributed by atoms with van der Waals surface area (Å²) in [5, 5.41) is 2.91. The van der Waals surface area contributed by atoms with Crippen molar-refractivity contribution in [1.82, 2.24) is 10.2 Å². The van der Waals surface area contributed by atoms with E-state index in [-0.39, 0.29) is 43.4 Å². The fourth-order valence-corrected chi connectivity index (χ4v) is 4.55. The molecule has 0 fully saturated rings. The average Bonchev–Trinajstić information content (AvgIpc) is 2.74. The standard InChI is InChI=1S/C26H36FN3O4S/c1-19-13-15-21(16-14-19)18-29(20(2)25(32)28-26(3,4)5)24(31)12-9-17-30(35(6,33)34)23-11-8-7-10-22(23)27/h7-8,10-11,13-16,20H,9,12,17-18H2,1-6H3,(H,28,32)/t20-/m1/s1. The van der Waals surface area contributed by atoms with Gasteiger partial charge < -0.3 is 10.2 Å². The minimum Gasteiger partial charge on any atom is -0.350 e. The smallest absolute Gasteiger partial charge is 0.242 e. The number of carbonyl (C=O) groups excluding carboxylic acids is 2. The van der Waals surface area contributed by atoms with Crippen LogP contribution < -0.4 is 9.62 Å². The van der Waals surface area contributed by atoms with Crippen molar-refractivity contribution < 1.29 is 22.4 Å². The van der Waals surface area contributed by atoms with Gasteiger partial charge in [-0.1, -0.05) is 42.0 Å². The van der Waals surface area contributed by atoms with Crippen LogP contribution in [0.2, 0.25) is 0 Å². The predicted octanol–water partition coefficient (Wildman–Crippen LogP) is 4.01. The number of aryl methyl sites for hydroxylation is 1. The number of rotatable bonds is 10. The Kier molecular flexibility index (Phi) is 9.43. The number of hydrogen-bond acceptors (Lipinski definition) is 4. The molecule has 0 bridgehead atoms. The van der Waals surface area contributed by atoms with Crippen molar-refractivity contribution in [2.45, 2.75) is 65.6 Å². The lowest BCUT2D eigenvalue weighted by Crippen LogP contribution is -2.52. The van der Waals surface area contributed by atoms with Crippen LogP contribution in [-0.4, -0.2) is 49.5 Å². The van der Waals surface area contributed by atoms with E-state index < -0.39 is 27.4 Å². The molecule has 0 aliphatic carbocycles. The quantitative estimate of drug-likeness (QED) is 0.529. The van der Waals surface area contributed by atoms with E-state index in [1.165, 1.54) is 23.1 Å². The van der Waals surface area contributed by atoms with Crippen LogP contribution in [0.3, 0.4) is 0 Å². The molecular weight excluding hydrogens is 469 g/mol. The summed E-state index contributed by atoms with van der Waals surface area (Å²) in [4.78, 5) is 27.6. The molecule has 0 aromatic heterocycles. The number of benzene rings is 2. The summed E-state index contributed by atoms with van der Waals surface area (Å²) in [6.45, 7) is 9.42. The maximum Gasteiger partial charge on any atom is 0.242 e. The minimum absolute atomic E-state index is 0.000524. The van der Waals surface area contributed by atoms with Crippen molar-refractivity contribution in [1.29, 1.82) is 0 Å². The van der Waals surface area contributed by atoms with Gasteiger partial charge in [0.2, 0.25) is 21.8 Å². The third kappa shape index (κ3) is 8.65. The first-order chi connectivity index (χ1) is 16.2. The van der Waals surface area contributed by atoms with Crippen LogP contribution in [0.1, 0.15) is 51.7 Å².